The summed E-state index contributed by atoms with van der Waals surface area (Å²) >= 11 is 0. The molecule has 2 aliphatic rings. The summed E-state index contributed by atoms with van der Waals surface area (Å²) < 4.78 is 5.55. The van der Waals surface area contributed by atoms with Gasteiger partial charge in [0.25, 0.3) is 5.91 Å². The number of likely N-dealkylation sites (N-methyl/N-ethyl adjacent to an activating group) is 1. The molecule has 2 fully saturated rings. The summed E-state index contributed by atoms with van der Waals surface area (Å²) in [5, 5.41) is 2.80. The molecular formula is C27H31N3O5. The Kier molecular flexibility index (Phi) is 7.92. The summed E-state index contributed by atoms with van der Waals surface area (Å²) in [6.07, 6.45) is 1.87. The van der Waals surface area contributed by atoms with Crippen LogP contribution >= 0.6 is 0 Å². The molecule has 8 heteroatoms. The van der Waals surface area contributed by atoms with Gasteiger partial charge < -0.3 is 19.9 Å². The monoisotopic (exact) mass is 477 g/mol. The van der Waals surface area contributed by atoms with Crippen molar-refractivity contribution in [3.63, 3.8) is 0 Å². The molecule has 0 bridgehead atoms. The van der Waals surface area contributed by atoms with E-state index >= 15 is 0 Å². The molecule has 3 amide bonds. The third-order valence-corrected chi connectivity index (χ3v) is 6.61. The molecule has 2 aliphatic heterocycles. The molecule has 1 N–H and O–H groups in total. The minimum atomic E-state index is -1.05. The maximum absolute atomic E-state index is 13.3. The summed E-state index contributed by atoms with van der Waals surface area (Å²) in [7, 11) is 1.55. The third-order valence-electron chi connectivity index (χ3n) is 6.61. The van der Waals surface area contributed by atoms with Crippen LogP contribution in [0.1, 0.15) is 36.8 Å². The molecule has 2 aromatic rings. The normalized spacial score (nSPS) is 20.5. The van der Waals surface area contributed by atoms with Gasteiger partial charge in [-0.1, -0.05) is 60.7 Å². The van der Waals surface area contributed by atoms with Gasteiger partial charge in [-0.3, -0.25) is 19.2 Å². The molecule has 2 heterocycles. The van der Waals surface area contributed by atoms with Crippen LogP contribution in [-0.2, 0) is 36.9 Å². The van der Waals surface area contributed by atoms with Crippen molar-refractivity contribution in [2.75, 3.05) is 13.7 Å². The topological polar surface area (TPSA) is 96.0 Å². The van der Waals surface area contributed by atoms with E-state index < -0.39 is 35.9 Å². The van der Waals surface area contributed by atoms with E-state index in [0.29, 0.717) is 26.0 Å². The van der Waals surface area contributed by atoms with Crippen LogP contribution in [0.3, 0.4) is 0 Å². The Morgan fingerprint density at radius 3 is 2.31 bits per heavy atom. The van der Waals surface area contributed by atoms with Gasteiger partial charge in [-0.15, -0.1) is 0 Å². The van der Waals surface area contributed by atoms with Crippen molar-refractivity contribution >= 4 is 23.5 Å². The Balaban J connectivity index is 1.50. The van der Waals surface area contributed by atoms with E-state index in [9.17, 15) is 19.2 Å². The van der Waals surface area contributed by atoms with E-state index in [4.69, 9.17) is 4.74 Å². The number of nitrogens with one attached hydrogen (secondary N) is 1. The van der Waals surface area contributed by atoms with Crippen molar-refractivity contribution in [2.24, 2.45) is 0 Å². The zero-order valence-electron chi connectivity index (χ0n) is 19.9. The minimum Gasteiger partial charge on any atom is -0.358 e. The Labute approximate surface area is 205 Å². The van der Waals surface area contributed by atoms with E-state index in [1.165, 1.54) is 4.90 Å². The van der Waals surface area contributed by atoms with Crippen LogP contribution in [0.15, 0.2) is 60.7 Å². The lowest BCUT2D eigenvalue weighted by Gasteiger charge is -2.28. The summed E-state index contributed by atoms with van der Waals surface area (Å²) in [4.78, 5) is 55.1. The lowest BCUT2D eigenvalue weighted by atomic mass is 10.0. The Hall–Kier alpha value is -3.52. The molecule has 4 rings (SSSR count). The second-order valence-electron chi connectivity index (χ2n) is 9.06. The number of ketones is 1. The van der Waals surface area contributed by atoms with Crippen molar-refractivity contribution in [3.05, 3.63) is 71.8 Å². The fourth-order valence-corrected chi connectivity index (χ4v) is 4.63. The van der Waals surface area contributed by atoms with Crippen LogP contribution < -0.4 is 5.32 Å². The minimum absolute atomic E-state index is 0.103. The molecule has 0 radical (unpaired) electrons. The molecule has 184 valence electrons. The second-order valence-corrected chi connectivity index (χ2v) is 9.06. The number of nitrogens with zero attached hydrogens (tertiary/aromatic N) is 2. The largest absolute Gasteiger partial charge is 0.358 e. The highest BCUT2D eigenvalue weighted by atomic mass is 16.5. The van der Waals surface area contributed by atoms with Gasteiger partial charge in [0.2, 0.25) is 17.6 Å². The SMILES string of the molecule is CN(C(=O)C(=O)C(Cc1ccccc1)NC(=O)[C@H]1CCC(=O)N1Cc1ccccc1)C1CCCO1. The van der Waals surface area contributed by atoms with Crippen LogP contribution in [0.5, 0.6) is 0 Å². The van der Waals surface area contributed by atoms with Crippen molar-refractivity contribution < 1.29 is 23.9 Å². The number of carbonyl (C=O) groups excluding carboxylic acids is 4. The number of rotatable bonds is 9. The van der Waals surface area contributed by atoms with Gasteiger partial charge in [0.05, 0.1) is 0 Å². The number of amides is 3. The molecule has 3 atom stereocenters. The Bertz CT molecular complexity index is 1050. The molecule has 2 unspecified atom stereocenters. The van der Waals surface area contributed by atoms with Crippen molar-refractivity contribution in [2.45, 2.75) is 57.0 Å². The number of ether oxygens (including phenoxy) is 1. The Morgan fingerprint density at radius 2 is 1.69 bits per heavy atom. The van der Waals surface area contributed by atoms with E-state index in [1.54, 1.807) is 11.9 Å². The standard InChI is InChI=1S/C27H31N3O5/c1-29(24-13-8-16-35-24)27(34)25(32)21(17-19-9-4-2-5-10-19)28-26(33)22-14-15-23(31)30(22)18-20-11-6-3-7-12-20/h2-7,9-12,21-22,24H,8,13-18H2,1H3,(H,28,33)/t21?,22-,24?/m1/s1. The molecule has 8 nitrogen and oxygen atoms in total. The van der Waals surface area contributed by atoms with Crippen LogP contribution in [0.2, 0.25) is 0 Å². The predicted octanol–water partition coefficient (Wildman–Crippen LogP) is 2.07. The lowest BCUT2D eigenvalue weighted by Crippen LogP contribution is -2.54. The molecule has 0 aliphatic carbocycles. The first kappa shape index (κ1) is 24.6. The average molecular weight is 478 g/mol. The molecule has 0 aromatic heterocycles. The zero-order chi connectivity index (χ0) is 24.8. The molecule has 2 aromatic carbocycles. The van der Waals surface area contributed by atoms with Gasteiger partial charge in [-0.2, -0.15) is 0 Å². The summed E-state index contributed by atoms with van der Waals surface area (Å²) in [5.74, 6) is -1.91. The van der Waals surface area contributed by atoms with Crippen LogP contribution in [0, 0.1) is 0 Å². The first-order chi connectivity index (χ1) is 16.9. The van der Waals surface area contributed by atoms with Gasteiger partial charge in [0.15, 0.2) is 0 Å². The summed E-state index contributed by atoms with van der Waals surface area (Å²) in [6, 6.07) is 17.0. The molecular weight excluding hydrogens is 446 g/mol. The summed E-state index contributed by atoms with van der Waals surface area (Å²) in [5.41, 5.74) is 1.74. The fraction of sp³-hybridized carbons (Fsp3) is 0.407. The van der Waals surface area contributed by atoms with Gasteiger partial charge in [-0.25, -0.2) is 0 Å². The van der Waals surface area contributed by atoms with Gasteiger partial charge in [0.1, 0.15) is 18.3 Å². The van der Waals surface area contributed by atoms with Crippen molar-refractivity contribution in [3.8, 4) is 0 Å². The quantitative estimate of drug-likeness (QED) is 0.558. The third kappa shape index (κ3) is 5.95. The maximum atomic E-state index is 13.3. The molecule has 0 spiro atoms. The van der Waals surface area contributed by atoms with E-state index in [0.717, 1.165) is 17.5 Å². The molecule has 35 heavy (non-hydrogen) atoms. The number of hydrogen-bond acceptors (Lipinski definition) is 5. The molecule has 0 saturated carbocycles. The summed E-state index contributed by atoms with van der Waals surface area (Å²) in [6.45, 7) is 0.864. The van der Waals surface area contributed by atoms with Gasteiger partial charge in [-0.05, 0) is 30.4 Å². The van der Waals surface area contributed by atoms with Crippen LogP contribution in [-0.4, -0.2) is 65.3 Å². The van der Waals surface area contributed by atoms with E-state index in [-0.39, 0.29) is 18.7 Å². The van der Waals surface area contributed by atoms with Gasteiger partial charge >= 0.3 is 0 Å². The van der Waals surface area contributed by atoms with Crippen molar-refractivity contribution in [1.82, 2.24) is 15.1 Å². The van der Waals surface area contributed by atoms with Crippen LogP contribution in [0.25, 0.3) is 0 Å². The lowest BCUT2D eigenvalue weighted by molar-refractivity contribution is -0.152. The first-order valence-corrected chi connectivity index (χ1v) is 12.0. The van der Waals surface area contributed by atoms with E-state index in [2.05, 4.69) is 5.32 Å². The van der Waals surface area contributed by atoms with E-state index in [1.807, 2.05) is 60.7 Å². The van der Waals surface area contributed by atoms with Gasteiger partial charge in [0, 0.05) is 33.0 Å². The Morgan fingerprint density at radius 1 is 1.03 bits per heavy atom. The smallest absolute Gasteiger partial charge is 0.293 e. The molecule has 2 saturated heterocycles. The highest BCUT2D eigenvalue weighted by Gasteiger charge is 2.39. The highest BCUT2D eigenvalue weighted by molar-refractivity contribution is 6.38. The average Bonchev–Trinajstić information content (AvgIpc) is 3.54. The highest BCUT2D eigenvalue weighted by Crippen LogP contribution is 2.22. The van der Waals surface area contributed by atoms with Crippen molar-refractivity contribution in [1.29, 1.82) is 0 Å². The maximum Gasteiger partial charge on any atom is 0.293 e. The number of likely N-dealkylation sites (tertiary alicyclic amines) is 1. The number of carbonyl (C=O) groups is 4. The first-order valence-electron chi connectivity index (χ1n) is 12.0. The van der Waals surface area contributed by atoms with Crippen LogP contribution in [0.4, 0.5) is 0 Å². The number of hydrogen-bond donors (Lipinski definition) is 1. The zero-order valence-corrected chi connectivity index (χ0v) is 19.9. The second kappa shape index (κ2) is 11.3. The number of Topliss-reactive ketones (excluding diaryl/α,β-unsaturated/α-hetero) is 1. The predicted molar refractivity (Wildman–Crippen MR) is 129 cm³/mol. The fourth-order valence-electron chi connectivity index (χ4n) is 4.63. The number of benzene rings is 2.